The molecule has 1 rings (SSSR count). The van der Waals surface area contributed by atoms with Crippen molar-refractivity contribution in [2.45, 2.75) is 13.3 Å². The highest BCUT2D eigenvalue weighted by Gasteiger charge is 2.10. The van der Waals surface area contributed by atoms with Gasteiger partial charge in [-0.25, -0.2) is 0 Å². The minimum absolute atomic E-state index is 0.0725. The number of ether oxygens (including phenoxy) is 1. The van der Waals surface area contributed by atoms with Gasteiger partial charge in [-0.15, -0.1) is 0 Å². The first-order valence-corrected chi connectivity index (χ1v) is 5.87. The van der Waals surface area contributed by atoms with Gasteiger partial charge in [0.05, 0.1) is 5.56 Å². The van der Waals surface area contributed by atoms with Gasteiger partial charge in [0.15, 0.2) is 0 Å². The topological polar surface area (TPSA) is 58.6 Å². The Bertz CT molecular complexity index is 382. The highest BCUT2D eigenvalue weighted by atomic mass is 35.5. The summed E-state index contributed by atoms with van der Waals surface area (Å²) in [6.45, 7) is 3.70. The number of nitrogens with one attached hydrogen (secondary N) is 1. The van der Waals surface area contributed by atoms with Gasteiger partial charge < -0.3 is 15.2 Å². The van der Waals surface area contributed by atoms with Crippen molar-refractivity contribution in [3.8, 4) is 5.75 Å². The molecule has 0 atom stereocenters. The minimum Gasteiger partial charge on any atom is -0.507 e. The van der Waals surface area contributed by atoms with Crippen molar-refractivity contribution in [3.63, 3.8) is 0 Å². The van der Waals surface area contributed by atoms with Crippen LogP contribution in [0.25, 0.3) is 0 Å². The number of phenols is 1. The summed E-state index contributed by atoms with van der Waals surface area (Å²) in [5.41, 5.74) is 0.189. The van der Waals surface area contributed by atoms with Gasteiger partial charge in [0, 0.05) is 24.8 Å². The van der Waals surface area contributed by atoms with Gasteiger partial charge in [-0.05, 0) is 31.5 Å². The zero-order valence-corrected chi connectivity index (χ0v) is 10.5. The van der Waals surface area contributed by atoms with Gasteiger partial charge in [-0.1, -0.05) is 11.6 Å². The van der Waals surface area contributed by atoms with Crippen molar-refractivity contribution >= 4 is 17.5 Å². The summed E-state index contributed by atoms with van der Waals surface area (Å²) in [5, 5.41) is 12.6. The molecule has 1 aromatic carbocycles. The van der Waals surface area contributed by atoms with E-state index in [-0.39, 0.29) is 17.2 Å². The van der Waals surface area contributed by atoms with Crippen LogP contribution in [0.4, 0.5) is 0 Å². The lowest BCUT2D eigenvalue weighted by atomic mass is 10.2. The lowest BCUT2D eigenvalue weighted by Crippen LogP contribution is -2.25. The van der Waals surface area contributed by atoms with Crippen LogP contribution in [-0.4, -0.2) is 30.8 Å². The molecule has 0 aromatic heterocycles. The number of hydrogen-bond acceptors (Lipinski definition) is 3. The molecular formula is C12H16ClNO3. The molecule has 0 unspecified atom stereocenters. The fraction of sp³-hybridized carbons (Fsp3) is 0.417. The average Bonchev–Trinajstić information content (AvgIpc) is 2.32. The van der Waals surface area contributed by atoms with Crippen LogP contribution in [0.5, 0.6) is 5.75 Å². The van der Waals surface area contributed by atoms with Gasteiger partial charge in [-0.3, -0.25) is 4.79 Å². The lowest BCUT2D eigenvalue weighted by molar-refractivity contribution is 0.0941. The smallest absolute Gasteiger partial charge is 0.255 e. The molecule has 1 amide bonds. The average molecular weight is 258 g/mol. The fourth-order valence-corrected chi connectivity index (χ4v) is 1.48. The van der Waals surface area contributed by atoms with Crippen molar-refractivity contribution in [1.29, 1.82) is 0 Å². The van der Waals surface area contributed by atoms with E-state index in [1.807, 2.05) is 6.92 Å². The SMILES string of the molecule is CCOCCCNC(=O)c1cc(Cl)ccc1O. The summed E-state index contributed by atoms with van der Waals surface area (Å²) in [6.07, 6.45) is 0.737. The van der Waals surface area contributed by atoms with E-state index in [1.165, 1.54) is 18.2 Å². The van der Waals surface area contributed by atoms with Crippen LogP contribution in [0, 0.1) is 0 Å². The van der Waals surface area contributed by atoms with Crippen LogP contribution in [0.15, 0.2) is 18.2 Å². The van der Waals surface area contributed by atoms with Crippen LogP contribution in [0.3, 0.4) is 0 Å². The summed E-state index contributed by atoms with van der Waals surface area (Å²) >= 11 is 5.75. The van der Waals surface area contributed by atoms with E-state index in [1.54, 1.807) is 0 Å². The first kappa shape index (κ1) is 13.8. The van der Waals surface area contributed by atoms with Crippen LogP contribution < -0.4 is 5.32 Å². The van der Waals surface area contributed by atoms with Gasteiger partial charge in [0.1, 0.15) is 5.75 Å². The molecule has 0 aliphatic carbocycles. The number of carbonyl (C=O) groups is 1. The van der Waals surface area contributed by atoms with Crippen molar-refractivity contribution in [1.82, 2.24) is 5.32 Å². The third kappa shape index (κ3) is 4.63. The van der Waals surface area contributed by atoms with E-state index in [2.05, 4.69) is 5.32 Å². The summed E-state index contributed by atoms with van der Waals surface area (Å²) in [4.78, 5) is 11.7. The zero-order chi connectivity index (χ0) is 12.7. The third-order valence-corrected chi connectivity index (χ3v) is 2.39. The summed E-state index contributed by atoms with van der Waals surface area (Å²) in [6, 6.07) is 4.37. The third-order valence-electron chi connectivity index (χ3n) is 2.16. The molecule has 94 valence electrons. The standard InChI is InChI=1S/C12H16ClNO3/c1-2-17-7-3-6-14-12(16)10-8-9(13)4-5-11(10)15/h4-5,8,15H,2-3,6-7H2,1H3,(H,14,16). The Morgan fingerprint density at radius 3 is 3.00 bits per heavy atom. The van der Waals surface area contributed by atoms with Crippen molar-refractivity contribution in [3.05, 3.63) is 28.8 Å². The van der Waals surface area contributed by atoms with E-state index >= 15 is 0 Å². The highest BCUT2D eigenvalue weighted by Crippen LogP contribution is 2.21. The maximum atomic E-state index is 11.7. The fourth-order valence-electron chi connectivity index (χ4n) is 1.31. The van der Waals surface area contributed by atoms with Crippen LogP contribution in [0.1, 0.15) is 23.7 Å². The molecule has 1 aromatic rings. The number of benzene rings is 1. The Balaban J connectivity index is 2.44. The second-order valence-corrected chi connectivity index (χ2v) is 3.90. The second kappa shape index (κ2) is 7.14. The highest BCUT2D eigenvalue weighted by molar-refractivity contribution is 6.31. The molecule has 2 N–H and O–H groups in total. The maximum Gasteiger partial charge on any atom is 0.255 e. The second-order valence-electron chi connectivity index (χ2n) is 3.47. The van der Waals surface area contributed by atoms with E-state index in [0.717, 1.165) is 6.42 Å². The molecule has 4 nitrogen and oxygen atoms in total. The number of hydrogen-bond donors (Lipinski definition) is 2. The molecular weight excluding hydrogens is 242 g/mol. The van der Waals surface area contributed by atoms with Crippen molar-refractivity contribution in [2.24, 2.45) is 0 Å². The van der Waals surface area contributed by atoms with Gasteiger partial charge in [0.2, 0.25) is 0 Å². The Hall–Kier alpha value is -1.26. The van der Waals surface area contributed by atoms with E-state index in [9.17, 15) is 9.90 Å². The monoisotopic (exact) mass is 257 g/mol. The maximum absolute atomic E-state index is 11.7. The molecule has 0 radical (unpaired) electrons. The predicted molar refractivity (Wildman–Crippen MR) is 66.6 cm³/mol. The molecule has 0 saturated carbocycles. The van der Waals surface area contributed by atoms with Crippen LogP contribution in [-0.2, 0) is 4.74 Å². The number of carbonyl (C=O) groups excluding carboxylic acids is 1. The first-order chi connectivity index (χ1) is 8.15. The van der Waals surface area contributed by atoms with E-state index in [0.29, 0.717) is 24.8 Å². The van der Waals surface area contributed by atoms with Gasteiger partial charge in [-0.2, -0.15) is 0 Å². The quantitative estimate of drug-likeness (QED) is 0.768. The molecule has 0 heterocycles. The molecule has 17 heavy (non-hydrogen) atoms. The predicted octanol–water partition coefficient (Wildman–Crippen LogP) is 2.20. The number of phenolic OH excluding ortho intramolecular Hbond substituents is 1. The van der Waals surface area contributed by atoms with Crippen molar-refractivity contribution in [2.75, 3.05) is 19.8 Å². The molecule has 0 saturated heterocycles. The Kier molecular flexibility index (Phi) is 5.80. The van der Waals surface area contributed by atoms with Gasteiger partial charge >= 0.3 is 0 Å². The Morgan fingerprint density at radius 1 is 1.53 bits per heavy atom. The van der Waals surface area contributed by atoms with E-state index < -0.39 is 0 Å². The molecule has 5 heteroatoms. The molecule has 0 spiro atoms. The number of amides is 1. The van der Waals surface area contributed by atoms with E-state index in [4.69, 9.17) is 16.3 Å². The first-order valence-electron chi connectivity index (χ1n) is 5.49. The number of rotatable bonds is 6. The lowest BCUT2D eigenvalue weighted by Gasteiger charge is -2.07. The molecule has 0 fully saturated rings. The van der Waals surface area contributed by atoms with Crippen molar-refractivity contribution < 1.29 is 14.6 Å². The molecule has 0 bridgehead atoms. The minimum atomic E-state index is -0.332. The Labute approximate surface area is 106 Å². The van der Waals surface area contributed by atoms with Gasteiger partial charge in [0.25, 0.3) is 5.91 Å². The summed E-state index contributed by atoms with van der Waals surface area (Å²) < 4.78 is 5.14. The largest absolute Gasteiger partial charge is 0.507 e. The Morgan fingerprint density at radius 2 is 2.29 bits per heavy atom. The summed E-state index contributed by atoms with van der Waals surface area (Å²) in [5.74, 6) is -0.404. The summed E-state index contributed by atoms with van der Waals surface area (Å²) in [7, 11) is 0. The number of halogens is 1. The van der Waals surface area contributed by atoms with Crippen LogP contribution >= 0.6 is 11.6 Å². The van der Waals surface area contributed by atoms with Crippen LogP contribution in [0.2, 0.25) is 5.02 Å². The number of aromatic hydroxyl groups is 1. The molecule has 0 aliphatic heterocycles. The normalized spacial score (nSPS) is 10.2. The molecule has 0 aliphatic rings. The zero-order valence-electron chi connectivity index (χ0n) is 9.70.